The van der Waals surface area contributed by atoms with Crippen molar-refractivity contribution >= 4 is 29.5 Å². The van der Waals surface area contributed by atoms with Gasteiger partial charge in [0.15, 0.2) is 5.84 Å². The molecule has 1 unspecified atom stereocenters. The Hall–Kier alpha value is -3.46. The van der Waals surface area contributed by atoms with E-state index in [9.17, 15) is 0 Å². The third kappa shape index (κ3) is 4.04. The summed E-state index contributed by atoms with van der Waals surface area (Å²) in [4.78, 5) is 30.2. The lowest BCUT2D eigenvalue weighted by Crippen LogP contribution is -2.50. The number of piperazine rings is 1. The Morgan fingerprint density at radius 1 is 1.03 bits per heavy atom. The van der Waals surface area contributed by atoms with E-state index >= 15 is 0 Å². The molecule has 0 bridgehead atoms. The molecule has 33 heavy (non-hydrogen) atoms. The molecule has 9 nitrogen and oxygen atoms in total. The first kappa shape index (κ1) is 20.2. The number of hydrogen-bond donors (Lipinski definition) is 2. The van der Waals surface area contributed by atoms with E-state index < -0.39 is 0 Å². The van der Waals surface area contributed by atoms with Crippen LogP contribution < -0.4 is 10.6 Å². The zero-order valence-electron chi connectivity index (χ0n) is 18.5. The van der Waals surface area contributed by atoms with Crippen LogP contribution in [0.15, 0.2) is 63.0 Å². The first-order valence-electron chi connectivity index (χ1n) is 11.7. The van der Waals surface area contributed by atoms with E-state index in [1.807, 2.05) is 12.1 Å². The van der Waals surface area contributed by atoms with E-state index in [4.69, 9.17) is 15.0 Å². The number of aromatic nitrogens is 3. The molecule has 4 aliphatic rings. The molecule has 1 atom stereocenters. The van der Waals surface area contributed by atoms with Crippen molar-refractivity contribution in [2.75, 3.05) is 38.0 Å². The molecule has 0 aromatic carbocycles. The van der Waals surface area contributed by atoms with Crippen molar-refractivity contribution in [2.45, 2.75) is 25.3 Å². The van der Waals surface area contributed by atoms with Crippen LogP contribution in [0, 0.1) is 5.92 Å². The molecule has 6 rings (SSSR count). The van der Waals surface area contributed by atoms with Crippen LogP contribution in [-0.4, -0.2) is 76.5 Å². The maximum Gasteiger partial charge on any atom is 0.157 e. The van der Waals surface area contributed by atoms with E-state index in [2.05, 4.69) is 36.7 Å². The van der Waals surface area contributed by atoms with Crippen molar-refractivity contribution in [3.63, 3.8) is 0 Å². The van der Waals surface area contributed by atoms with Gasteiger partial charge in [-0.1, -0.05) is 6.42 Å². The Labute approximate surface area is 192 Å². The lowest BCUT2D eigenvalue weighted by molar-refractivity contribution is 0.351. The van der Waals surface area contributed by atoms with E-state index in [1.54, 1.807) is 24.8 Å². The van der Waals surface area contributed by atoms with E-state index in [0.29, 0.717) is 24.1 Å². The van der Waals surface area contributed by atoms with Crippen LogP contribution in [0.1, 0.15) is 24.8 Å². The summed E-state index contributed by atoms with van der Waals surface area (Å²) < 4.78 is 0. The number of nitrogens with one attached hydrogen (secondary N) is 2. The number of anilines is 2. The van der Waals surface area contributed by atoms with Crippen molar-refractivity contribution in [1.82, 2.24) is 25.2 Å². The molecule has 0 radical (unpaired) electrons. The predicted molar refractivity (Wildman–Crippen MR) is 129 cm³/mol. The lowest BCUT2D eigenvalue weighted by atomic mass is 9.76. The Bertz CT molecular complexity index is 1140. The number of amidine groups is 2. The largest absolute Gasteiger partial charge is 0.354 e. The van der Waals surface area contributed by atoms with Crippen LogP contribution in [0.4, 0.5) is 11.6 Å². The fourth-order valence-corrected chi connectivity index (χ4v) is 4.76. The van der Waals surface area contributed by atoms with Crippen LogP contribution in [0.5, 0.6) is 0 Å². The molecule has 0 amide bonds. The van der Waals surface area contributed by atoms with Gasteiger partial charge in [0.1, 0.15) is 23.5 Å². The highest BCUT2D eigenvalue weighted by atomic mass is 15.3. The highest BCUT2D eigenvalue weighted by molar-refractivity contribution is 6.16. The smallest absolute Gasteiger partial charge is 0.157 e. The minimum absolute atomic E-state index is 0.0209. The van der Waals surface area contributed by atoms with Gasteiger partial charge in [-0.25, -0.2) is 15.0 Å². The highest BCUT2D eigenvalue weighted by Gasteiger charge is 2.36. The molecule has 3 aliphatic heterocycles. The van der Waals surface area contributed by atoms with Gasteiger partial charge in [-0.3, -0.25) is 15.0 Å². The van der Waals surface area contributed by atoms with Gasteiger partial charge in [-0.05, 0) is 36.5 Å². The van der Waals surface area contributed by atoms with Gasteiger partial charge in [-0.15, -0.1) is 0 Å². The lowest BCUT2D eigenvalue weighted by Gasteiger charge is -2.39. The number of pyridine rings is 1. The molecule has 1 saturated carbocycles. The second-order valence-corrected chi connectivity index (χ2v) is 8.78. The summed E-state index contributed by atoms with van der Waals surface area (Å²) >= 11 is 0. The van der Waals surface area contributed by atoms with Crippen molar-refractivity contribution in [2.24, 2.45) is 20.9 Å². The summed E-state index contributed by atoms with van der Waals surface area (Å²) in [7, 11) is 0. The Balaban J connectivity index is 1.38. The van der Waals surface area contributed by atoms with E-state index in [0.717, 1.165) is 43.4 Å². The van der Waals surface area contributed by atoms with Crippen molar-refractivity contribution < 1.29 is 0 Å². The average Bonchev–Trinajstić information content (AvgIpc) is 2.84. The molecule has 5 heterocycles. The summed E-state index contributed by atoms with van der Waals surface area (Å²) in [5.41, 5.74) is 3.59. The molecule has 9 heteroatoms. The Morgan fingerprint density at radius 3 is 2.70 bits per heavy atom. The summed E-state index contributed by atoms with van der Waals surface area (Å²) in [6.07, 6.45) is 12.6. The van der Waals surface area contributed by atoms with Crippen LogP contribution in [0.2, 0.25) is 0 Å². The quantitative estimate of drug-likeness (QED) is 0.754. The molecule has 2 aromatic heterocycles. The summed E-state index contributed by atoms with van der Waals surface area (Å²) in [6.45, 7) is 4.52. The average molecular weight is 442 g/mol. The van der Waals surface area contributed by atoms with Crippen LogP contribution in [0.25, 0.3) is 0 Å². The molecule has 1 aliphatic carbocycles. The van der Waals surface area contributed by atoms with Crippen LogP contribution >= 0.6 is 0 Å². The first-order chi connectivity index (χ1) is 16.3. The van der Waals surface area contributed by atoms with Gasteiger partial charge in [0.25, 0.3) is 0 Å². The molecule has 2 aromatic rings. The fourth-order valence-electron chi connectivity index (χ4n) is 4.76. The number of aliphatic imine (C=N–C) groups is 3. The molecule has 2 N–H and O–H groups in total. The van der Waals surface area contributed by atoms with Gasteiger partial charge in [0, 0.05) is 62.1 Å². The maximum atomic E-state index is 5.16. The third-order valence-electron chi connectivity index (χ3n) is 6.68. The minimum Gasteiger partial charge on any atom is -0.354 e. The Morgan fingerprint density at radius 2 is 1.91 bits per heavy atom. The van der Waals surface area contributed by atoms with Gasteiger partial charge < -0.3 is 15.5 Å². The van der Waals surface area contributed by atoms with Crippen LogP contribution in [0.3, 0.4) is 0 Å². The van der Waals surface area contributed by atoms with Crippen molar-refractivity contribution in [3.05, 3.63) is 53.6 Å². The number of fused-ring (bicyclic) bond motifs is 1. The molecule has 0 spiro atoms. The number of dihydropyridines is 1. The van der Waals surface area contributed by atoms with Crippen molar-refractivity contribution in [3.8, 4) is 0 Å². The van der Waals surface area contributed by atoms with E-state index in [1.165, 1.54) is 30.4 Å². The topological polar surface area (TPSA) is 103 Å². The molecular weight excluding hydrogens is 414 g/mol. The van der Waals surface area contributed by atoms with Crippen LogP contribution in [-0.2, 0) is 0 Å². The second kappa shape index (κ2) is 8.82. The summed E-state index contributed by atoms with van der Waals surface area (Å²) in [5.74, 6) is 3.76. The fraction of sp³-hybridized carbons (Fsp3) is 0.417. The minimum atomic E-state index is 0.0209. The third-order valence-corrected chi connectivity index (χ3v) is 6.68. The number of hydrogen-bond acceptors (Lipinski definition) is 9. The van der Waals surface area contributed by atoms with Gasteiger partial charge in [-0.2, -0.15) is 0 Å². The zero-order chi connectivity index (χ0) is 22.0. The zero-order valence-corrected chi connectivity index (χ0v) is 18.5. The summed E-state index contributed by atoms with van der Waals surface area (Å²) in [5, 5.41) is 6.67. The normalized spacial score (nSPS) is 22.9. The molecule has 2 fully saturated rings. The highest BCUT2D eigenvalue weighted by Crippen LogP contribution is 2.38. The first-order valence-corrected chi connectivity index (χ1v) is 11.7. The second-order valence-electron chi connectivity index (χ2n) is 8.78. The van der Waals surface area contributed by atoms with E-state index in [-0.39, 0.29) is 6.04 Å². The van der Waals surface area contributed by atoms with Gasteiger partial charge in [0.05, 0.1) is 12.7 Å². The Kier molecular flexibility index (Phi) is 5.39. The summed E-state index contributed by atoms with van der Waals surface area (Å²) in [6, 6.07) is 3.96. The van der Waals surface area contributed by atoms with Crippen molar-refractivity contribution in [1.29, 1.82) is 0 Å². The molecule has 1 saturated heterocycles. The molecule has 168 valence electrons. The van der Waals surface area contributed by atoms with Gasteiger partial charge in [0.2, 0.25) is 0 Å². The number of rotatable bonds is 4. The monoisotopic (exact) mass is 441 g/mol. The van der Waals surface area contributed by atoms with Gasteiger partial charge >= 0.3 is 0 Å². The SMILES string of the molecule is C1=NCC2N=C(c3ccnc(Nc4cnccn4)c3)N=C(N3CCNCC3)C2=C1C1CCC1. The number of nitrogens with zero attached hydrogens (tertiary/aromatic N) is 7. The standard InChI is InChI=1S/C24H27N9/c1-2-16(3-1)18-13-27-14-19-22(18)24(33-10-8-25-9-11-33)32-23(30-19)17-4-5-28-20(12-17)31-21-15-26-6-7-29-21/h4-7,12-13,15-16,19,25H,1-3,8-11,14H2,(H,28,29,31). The molecular formula is C24H27N9. The number of allylic oxidation sites excluding steroid dienone is 1. The maximum absolute atomic E-state index is 5.16. The predicted octanol–water partition coefficient (Wildman–Crippen LogP) is 2.23.